The number of ether oxygens (including phenoxy) is 2. The fourth-order valence-electron chi connectivity index (χ4n) is 2.25. The average molecular weight is 381 g/mol. The Kier molecular flexibility index (Phi) is 5.92. The molecule has 1 aromatic heterocycles. The summed E-state index contributed by atoms with van der Waals surface area (Å²) in [5.74, 6) is -0.488. The maximum atomic E-state index is 12.3. The first-order valence-corrected chi connectivity index (χ1v) is 8.43. The predicted molar refractivity (Wildman–Crippen MR) is 97.4 cm³/mol. The van der Waals surface area contributed by atoms with Crippen LogP contribution in [0.1, 0.15) is 43.6 Å². The topological polar surface area (TPSA) is 90.7 Å². The molecule has 0 fully saturated rings. The van der Waals surface area contributed by atoms with Crippen molar-refractivity contribution in [3.8, 4) is 11.5 Å². The van der Waals surface area contributed by atoms with Gasteiger partial charge < -0.3 is 14.6 Å². The van der Waals surface area contributed by atoms with E-state index in [1.54, 1.807) is 13.0 Å². The van der Waals surface area contributed by atoms with Gasteiger partial charge >= 0.3 is 5.97 Å². The van der Waals surface area contributed by atoms with Gasteiger partial charge in [0.2, 0.25) is 0 Å². The van der Waals surface area contributed by atoms with E-state index >= 15 is 0 Å². The van der Waals surface area contributed by atoms with E-state index in [1.807, 2.05) is 20.8 Å². The predicted octanol–water partition coefficient (Wildman–Crippen LogP) is 3.33. The molecular weight excluding hydrogens is 360 g/mol. The van der Waals surface area contributed by atoms with Crippen molar-refractivity contribution in [1.82, 2.24) is 9.78 Å². The number of nitrogens with zero attached hydrogens (tertiary/aromatic N) is 2. The van der Waals surface area contributed by atoms with Gasteiger partial charge in [-0.1, -0.05) is 17.7 Å². The lowest BCUT2D eigenvalue weighted by atomic mass is 10.1. The second-order valence-electron chi connectivity index (χ2n) is 6.56. The van der Waals surface area contributed by atoms with Gasteiger partial charge in [-0.25, -0.2) is 9.48 Å². The third-order valence-electron chi connectivity index (χ3n) is 3.52. The molecule has 26 heavy (non-hydrogen) atoms. The molecule has 0 bridgehead atoms. The molecule has 1 N–H and O–H groups in total. The van der Waals surface area contributed by atoms with E-state index in [2.05, 4.69) is 5.10 Å². The summed E-state index contributed by atoms with van der Waals surface area (Å²) in [5.41, 5.74) is -0.200. The highest BCUT2D eigenvalue weighted by molar-refractivity contribution is 6.31. The summed E-state index contributed by atoms with van der Waals surface area (Å²) in [6.07, 6.45) is 1.39. The van der Waals surface area contributed by atoms with Crippen LogP contribution in [0.15, 0.2) is 29.2 Å². The number of carbonyl (C=O) groups is 1. The third-order valence-corrected chi connectivity index (χ3v) is 3.87. The lowest BCUT2D eigenvalue weighted by molar-refractivity contribution is 0.0696. The maximum Gasteiger partial charge on any atom is 0.335 e. The summed E-state index contributed by atoms with van der Waals surface area (Å²) in [5, 5.41) is 13.1. The fourth-order valence-corrected chi connectivity index (χ4v) is 2.43. The van der Waals surface area contributed by atoms with Crippen LogP contribution in [0, 0.1) is 0 Å². The number of halogens is 1. The van der Waals surface area contributed by atoms with Crippen LogP contribution in [0.25, 0.3) is 0 Å². The van der Waals surface area contributed by atoms with E-state index < -0.39 is 17.1 Å². The SMILES string of the molecule is CCOc1cc(C(=O)O)ccc1COc1cnn(C(C)(C)C)c(=O)c1Cl. The Morgan fingerprint density at radius 2 is 1.96 bits per heavy atom. The van der Waals surface area contributed by atoms with Gasteiger partial charge in [-0.15, -0.1) is 0 Å². The van der Waals surface area contributed by atoms with Crippen molar-refractivity contribution < 1.29 is 19.4 Å². The molecule has 1 aromatic carbocycles. The molecule has 7 nitrogen and oxygen atoms in total. The zero-order chi connectivity index (χ0) is 19.5. The highest BCUT2D eigenvalue weighted by Gasteiger charge is 2.20. The monoisotopic (exact) mass is 380 g/mol. The Morgan fingerprint density at radius 1 is 1.27 bits per heavy atom. The highest BCUT2D eigenvalue weighted by Crippen LogP contribution is 2.25. The van der Waals surface area contributed by atoms with E-state index in [9.17, 15) is 9.59 Å². The van der Waals surface area contributed by atoms with Gasteiger partial charge in [0.15, 0.2) is 10.8 Å². The molecular formula is C18H21ClN2O5. The van der Waals surface area contributed by atoms with Crippen molar-refractivity contribution in [2.75, 3.05) is 6.61 Å². The van der Waals surface area contributed by atoms with Crippen LogP contribution in [0.5, 0.6) is 11.5 Å². The normalized spacial score (nSPS) is 11.3. The third kappa shape index (κ3) is 4.35. The summed E-state index contributed by atoms with van der Waals surface area (Å²) in [6.45, 7) is 7.75. The number of aromatic nitrogens is 2. The molecule has 0 saturated carbocycles. The molecule has 1 heterocycles. The van der Waals surface area contributed by atoms with Gasteiger partial charge in [-0.3, -0.25) is 4.79 Å². The average Bonchev–Trinajstić information content (AvgIpc) is 2.56. The largest absolute Gasteiger partial charge is 0.493 e. The summed E-state index contributed by atoms with van der Waals surface area (Å²) >= 11 is 6.13. The van der Waals surface area contributed by atoms with Gasteiger partial charge in [0, 0.05) is 5.56 Å². The first kappa shape index (κ1) is 19.8. The number of carboxylic acids is 1. The fraction of sp³-hybridized carbons (Fsp3) is 0.389. The van der Waals surface area contributed by atoms with Crippen molar-refractivity contribution in [2.24, 2.45) is 0 Å². The highest BCUT2D eigenvalue weighted by atomic mass is 35.5. The summed E-state index contributed by atoms with van der Waals surface area (Å²) in [4.78, 5) is 23.4. The number of rotatable bonds is 6. The number of carboxylic acid groups (broad SMARTS) is 1. The zero-order valence-electron chi connectivity index (χ0n) is 15.1. The van der Waals surface area contributed by atoms with Crippen molar-refractivity contribution in [3.63, 3.8) is 0 Å². The summed E-state index contributed by atoms with van der Waals surface area (Å²) in [7, 11) is 0. The maximum absolute atomic E-state index is 12.3. The van der Waals surface area contributed by atoms with Crippen LogP contribution in [0.2, 0.25) is 5.02 Å². The van der Waals surface area contributed by atoms with Gasteiger partial charge in [0.05, 0.1) is 23.9 Å². The Balaban J connectivity index is 2.28. The van der Waals surface area contributed by atoms with Crippen molar-refractivity contribution in [1.29, 1.82) is 0 Å². The molecule has 140 valence electrons. The molecule has 0 radical (unpaired) electrons. The van der Waals surface area contributed by atoms with Gasteiger partial charge in [-0.05, 0) is 39.8 Å². The molecule has 0 unspecified atom stereocenters. The number of aromatic carboxylic acids is 1. The lowest BCUT2D eigenvalue weighted by Gasteiger charge is -2.21. The molecule has 0 aliphatic carbocycles. The zero-order valence-corrected chi connectivity index (χ0v) is 15.8. The molecule has 0 spiro atoms. The lowest BCUT2D eigenvalue weighted by Crippen LogP contribution is -2.36. The van der Waals surface area contributed by atoms with E-state index in [0.29, 0.717) is 17.9 Å². The minimum atomic E-state index is -1.04. The van der Waals surface area contributed by atoms with E-state index in [-0.39, 0.29) is 22.9 Å². The molecule has 8 heteroatoms. The molecule has 2 rings (SSSR count). The quantitative estimate of drug-likeness (QED) is 0.826. The molecule has 0 aliphatic heterocycles. The Morgan fingerprint density at radius 3 is 2.54 bits per heavy atom. The van der Waals surface area contributed by atoms with E-state index in [1.165, 1.54) is 23.0 Å². The van der Waals surface area contributed by atoms with Crippen LogP contribution in [-0.4, -0.2) is 27.5 Å². The van der Waals surface area contributed by atoms with Crippen molar-refractivity contribution in [2.45, 2.75) is 39.8 Å². The standard InChI is InChI=1S/C18H21ClN2O5/c1-5-25-13-8-11(17(23)24)6-7-12(13)10-26-14-9-20-21(18(2,3)4)16(22)15(14)19/h6-9H,5,10H2,1-4H3,(H,23,24). The van der Waals surface area contributed by atoms with Gasteiger partial charge in [0.25, 0.3) is 5.56 Å². The first-order chi connectivity index (χ1) is 12.1. The summed E-state index contributed by atoms with van der Waals surface area (Å²) in [6, 6.07) is 4.50. The van der Waals surface area contributed by atoms with Crippen LogP contribution in [0.4, 0.5) is 0 Å². The molecule has 0 amide bonds. The summed E-state index contributed by atoms with van der Waals surface area (Å²) < 4.78 is 12.4. The van der Waals surface area contributed by atoms with Crippen LogP contribution in [0.3, 0.4) is 0 Å². The van der Waals surface area contributed by atoms with Crippen LogP contribution < -0.4 is 15.0 Å². The van der Waals surface area contributed by atoms with Gasteiger partial charge in [-0.2, -0.15) is 5.10 Å². The van der Waals surface area contributed by atoms with Crippen molar-refractivity contribution >= 4 is 17.6 Å². The van der Waals surface area contributed by atoms with Gasteiger partial charge in [0.1, 0.15) is 12.4 Å². The number of hydrogen-bond donors (Lipinski definition) is 1. The molecule has 2 aromatic rings. The van der Waals surface area contributed by atoms with E-state index in [0.717, 1.165) is 0 Å². The first-order valence-electron chi connectivity index (χ1n) is 8.05. The number of benzene rings is 1. The Labute approximate surface area is 156 Å². The van der Waals surface area contributed by atoms with Crippen LogP contribution >= 0.6 is 11.6 Å². The minimum Gasteiger partial charge on any atom is -0.493 e. The molecule has 0 aliphatic rings. The minimum absolute atomic E-state index is 0.0512. The van der Waals surface area contributed by atoms with Crippen molar-refractivity contribution in [3.05, 3.63) is 50.9 Å². The smallest absolute Gasteiger partial charge is 0.335 e. The Bertz CT molecular complexity index is 871. The number of hydrogen-bond acceptors (Lipinski definition) is 5. The molecule has 0 saturated heterocycles. The van der Waals surface area contributed by atoms with Crippen LogP contribution in [-0.2, 0) is 12.1 Å². The van der Waals surface area contributed by atoms with E-state index in [4.69, 9.17) is 26.2 Å². The Hall–Kier alpha value is -2.54. The second kappa shape index (κ2) is 7.78. The molecule has 0 atom stereocenters. The second-order valence-corrected chi connectivity index (χ2v) is 6.94.